The molecule has 2 aliphatic carbocycles. The van der Waals surface area contributed by atoms with E-state index in [1.807, 2.05) is 18.2 Å². The topological polar surface area (TPSA) is 55.1 Å². The summed E-state index contributed by atoms with van der Waals surface area (Å²) in [7, 11) is 0. The average Bonchev–Trinajstić information content (AvgIpc) is 2.95. The van der Waals surface area contributed by atoms with Crippen molar-refractivity contribution in [2.45, 2.75) is 50.6 Å². The van der Waals surface area contributed by atoms with Gasteiger partial charge in [-0.2, -0.15) is 0 Å². The molecule has 0 radical (unpaired) electrons. The van der Waals surface area contributed by atoms with Gasteiger partial charge in [-0.25, -0.2) is 0 Å². The molecule has 2 aliphatic rings. The molecule has 2 fully saturated rings. The third-order valence-electron chi connectivity index (χ3n) is 4.92. The van der Waals surface area contributed by atoms with E-state index in [0.717, 1.165) is 23.4 Å². The molecule has 1 aromatic carbocycles. The molecule has 4 heteroatoms. The summed E-state index contributed by atoms with van der Waals surface area (Å²) in [5.74, 6) is 0.790. The first-order valence-corrected chi connectivity index (χ1v) is 8.32. The molecule has 114 valence electrons. The number of carbonyl (C=O) groups excluding carboxylic acids is 1. The van der Waals surface area contributed by atoms with Gasteiger partial charge in [0.2, 0.25) is 5.91 Å². The molecule has 0 spiro atoms. The van der Waals surface area contributed by atoms with Crippen molar-refractivity contribution in [1.82, 2.24) is 5.32 Å². The van der Waals surface area contributed by atoms with Gasteiger partial charge in [-0.15, -0.1) is 0 Å². The molecule has 0 unspecified atom stereocenters. The van der Waals surface area contributed by atoms with Crippen molar-refractivity contribution >= 4 is 17.5 Å². The van der Waals surface area contributed by atoms with Gasteiger partial charge in [-0.3, -0.25) is 4.79 Å². The smallest absolute Gasteiger partial charge is 0.223 e. The number of halogens is 1. The Hall–Kier alpha value is -1.06. The maximum atomic E-state index is 12.4. The number of amides is 1. The zero-order chi connectivity index (χ0) is 14.8. The first-order chi connectivity index (χ1) is 10.1. The second kappa shape index (κ2) is 6.37. The Morgan fingerprint density at radius 2 is 2.00 bits per heavy atom. The van der Waals surface area contributed by atoms with Gasteiger partial charge in [0, 0.05) is 17.0 Å². The second-order valence-corrected chi connectivity index (χ2v) is 6.95. The number of hydrogen-bond donors (Lipinski definition) is 2. The van der Waals surface area contributed by atoms with Crippen LogP contribution < -0.4 is 11.1 Å². The molecule has 0 aromatic heterocycles. The minimum atomic E-state index is 0.0931. The molecule has 0 heterocycles. The average molecular weight is 307 g/mol. The van der Waals surface area contributed by atoms with Crippen molar-refractivity contribution in [2.75, 3.05) is 0 Å². The van der Waals surface area contributed by atoms with E-state index in [-0.39, 0.29) is 23.9 Å². The molecule has 0 saturated heterocycles. The SMILES string of the molecule is NC1CC(C(=O)N[C@@H](c2cccc(Cl)c2)C2CCCC2)C1. The van der Waals surface area contributed by atoms with Crippen LogP contribution in [0.3, 0.4) is 0 Å². The minimum absolute atomic E-state index is 0.0931. The minimum Gasteiger partial charge on any atom is -0.349 e. The first-order valence-electron chi connectivity index (χ1n) is 7.95. The van der Waals surface area contributed by atoms with Gasteiger partial charge >= 0.3 is 0 Å². The molecular weight excluding hydrogens is 284 g/mol. The zero-order valence-electron chi connectivity index (χ0n) is 12.2. The predicted molar refractivity (Wildman–Crippen MR) is 85.0 cm³/mol. The highest BCUT2D eigenvalue weighted by molar-refractivity contribution is 6.30. The fourth-order valence-electron chi connectivity index (χ4n) is 3.61. The standard InChI is InChI=1S/C17H23ClN2O/c18-14-7-3-6-12(8-14)16(11-4-1-2-5-11)20-17(21)13-9-15(19)10-13/h3,6-8,11,13,15-16H,1-2,4-5,9-10,19H2,(H,20,21)/t13?,15?,16-/m1/s1. The lowest BCUT2D eigenvalue weighted by molar-refractivity contribution is -0.129. The summed E-state index contributed by atoms with van der Waals surface area (Å²) in [5, 5.41) is 4.00. The summed E-state index contributed by atoms with van der Waals surface area (Å²) in [6.45, 7) is 0. The van der Waals surface area contributed by atoms with Gasteiger partial charge in [0.15, 0.2) is 0 Å². The number of carbonyl (C=O) groups is 1. The van der Waals surface area contributed by atoms with Gasteiger partial charge < -0.3 is 11.1 Å². The van der Waals surface area contributed by atoms with Crippen LogP contribution in [0, 0.1) is 11.8 Å². The number of nitrogens with one attached hydrogen (secondary N) is 1. The van der Waals surface area contributed by atoms with Crippen molar-refractivity contribution in [3.05, 3.63) is 34.9 Å². The van der Waals surface area contributed by atoms with E-state index in [2.05, 4.69) is 11.4 Å². The Labute approximate surface area is 131 Å². The molecule has 2 saturated carbocycles. The number of benzene rings is 1. The predicted octanol–water partition coefficient (Wildman–Crippen LogP) is 3.42. The molecule has 21 heavy (non-hydrogen) atoms. The normalized spacial score (nSPS) is 27.1. The highest BCUT2D eigenvalue weighted by Gasteiger charge is 2.35. The fourth-order valence-corrected chi connectivity index (χ4v) is 3.81. The maximum Gasteiger partial charge on any atom is 0.223 e. The second-order valence-electron chi connectivity index (χ2n) is 6.51. The molecule has 1 aromatic rings. The van der Waals surface area contributed by atoms with Crippen LogP contribution in [-0.4, -0.2) is 11.9 Å². The van der Waals surface area contributed by atoms with E-state index in [0.29, 0.717) is 5.92 Å². The molecule has 1 amide bonds. The Bertz CT molecular complexity index is 507. The largest absolute Gasteiger partial charge is 0.349 e. The summed E-state index contributed by atoms with van der Waals surface area (Å²) < 4.78 is 0. The van der Waals surface area contributed by atoms with E-state index >= 15 is 0 Å². The van der Waals surface area contributed by atoms with E-state index < -0.39 is 0 Å². The Morgan fingerprint density at radius 3 is 2.62 bits per heavy atom. The van der Waals surface area contributed by atoms with E-state index in [9.17, 15) is 4.79 Å². The maximum absolute atomic E-state index is 12.4. The summed E-state index contributed by atoms with van der Waals surface area (Å²) >= 11 is 6.12. The molecule has 1 atom stereocenters. The summed E-state index contributed by atoms with van der Waals surface area (Å²) in [5.41, 5.74) is 6.92. The zero-order valence-corrected chi connectivity index (χ0v) is 13.0. The molecule has 0 bridgehead atoms. The third kappa shape index (κ3) is 3.41. The van der Waals surface area contributed by atoms with E-state index in [1.54, 1.807) is 0 Å². The van der Waals surface area contributed by atoms with Crippen molar-refractivity contribution in [3.63, 3.8) is 0 Å². The highest BCUT2D eigenvalue weighted by atomic mass is 35.5. The monoisotopic (exact) mass is 306 g/mol. The molecule has 3 rings (SSSR count). The summed E-state index contributed by atoms with van der Waals surface area (Å²) in [4.78, 5) is 12.4. The molecular formula is C17H23ClN2O. The van der Waals surface area contributed by atoms with Crippen LogP contribution in [0.4, 0.5) is 0 Å². The lowest BCUT2D eigenvalue weighted by Crippen LogP contribution is -2.46. The Balaban J connectivity index is 1.74. The molecule has 3 N–H and O–H groups in total. The first kappa shape index (κ1) is 14.9. The van der Waals surface area contributed by atoms with Crippen molar-refractivity contribution < 1.29 is 4.79 Å². The molecule has 0 aliphatic heterocycles. The van der Waals surface area contributed by atoms with Crippen LogP contribution in [0.25, 0.3) is 0 Å². The van der Waals surface area contributed by atoms with E-state index in [1.165, 1.54) is 25.7 Å². The highest BCUT2D eigenvalue weighted by Crippen LogP contribution is 2.37. The van der Waals surface area contributed by atoms with Crippen molar-refractivity contribution in [3.8, 4) is 0 Å². The number of nitrogens with two attached hydrogens (primary N) is 1. The number of rotatable bonds is 4. The van der Waals surface area contributed by atoms with Gasteiger partial charge in [0.05, 0.1) is 6.04 Å². The van der Waals surface area contributed by atoms with Crippen molar-refractivity contribution in [1.29, 1.82) is 0 Å². The lowest BCUT2D eigenvalue weighted by Gasteiger charge is -2.34. The molecule has 3 nitrogen and oxygen atoms in total. The van der Waals surface area contributed by atoms with Crippen molar-refractivity contribution in [2.24, 2.45) is 17.6 Å². The van der Waals surface area contributed by atoms with Crippen LogP contribution in [0.2, 0.25) is 5.02 Å². The van der Waals surface area contributed by atoms with Gasteiger partial charge in [-0.05, 0) is 49.3 Å². The van der Waals surface area contributed by atoms with Crippen LogP contribution in [0.5, 0.6) is 0 Å². The fraction of sp³-hybridized carbons (Fsp3) is 0.588. The van der Waals surface area contributed by atoms with Crippen LogP contribution >= 0.6 is 11.6 Å². The van der Waals surface area contributed by atoms with E-state index in [4.69, 9.17) is 17.3 Å². The van der Waals surface area contributed by atoms with Gasteiger partial charge in [-0.1, -0.05) is 36.6 Å². The Morgan fingerprint density at radius 1 is 1.29 bits per heavy atom. The number of hydrogen-bond acceptors (Lipinski definition) is 2. The quantitative estimate of drug-likeness (QED) is 0.895. The summed E-state index contributed by atoms with van der Waals surface area (Å²) in [6, 6.07) is 8.19. The van der Waals surface area contributed by atoms with Crippen LogP contribution in [0.1, 0.15) is 50.1 Å². The van der Waals surface area contributed by atoms with Crippen LogP contribution in [0.15, 0.2) is 24.3 Å². The lowest BCUT2D eigenvalue weighted by atomic mass is 9.79. The summed E-state index contributed by atoms with van der Waals surface area (Å²) in [6.07, 6.45) is 6.51. The third-order valence-corrected chi connectivity index (χ3v) is 5.16. The van der Waals surface area contributed by atoms with Crippen LogP contribution in [-0.2, 0) is 4.79 Å². The van der Waals surface area contributed by atoms with Gasteiger partial charge in [0.1, 0.15) is 0 Å². The van der Waals surface area contributed by atoms with Gasteiger partial charge in [0.25, 0.3) is 0 Å². The Kier molecular flexibility index (Phi) is 4.51.